The Morgan fingerprint density at radius 2 is 1.88 bits per heavy atom. The maximum atomic E-state index is 12.4. The molecule has 3 aromatic rings. The third-order valence-corrected chi connectivity index (χ3v) is 5.14. The van der Waals surface area contributed by atoms with Crippen LogP contribution in [0.5, 0.6) is 0 Å². The number of rotatable bonds is 7. The van der Waals surface area contributed by atoms with Crippen molar-refractivity contribution < 1.29 is 9.21 Å². The summed E-state index contributed by atoms with van der Waals surface area (Å²) in [4.78, 5) is 12.4. The molecule has 0 aliphatic rings. The van der Waals surface area contributed by atoms with Gasteiger partial charge in [0.15, 0.2) is 5.78 Å². The predicted octanol–water partition coefficient (Wildman–Crippen LogP) is 5.01. The summed E-state index contributed by atoms with van der Waals surface area (Å²) in [6.45, 7) is 6.07. The minimum Gasteiger partial charge on any atom is -0.416 e. The Balaban J connectivity index is 1.58. The standard InChI is InChI=1S/C21H22N2O2S/c1-14-9-10-15(2)18(11-14)19(24)13-26-21-23-22-20(25-21)12-16(3)17-7-5-4-6-8-17/h4-11,16H,12-13H2,1-3H3. The van der Waals surface area contributed by atoms with Crippen molar-refractivity contribution in [3.8, 4) is 0 Å². The summed E-state index contributed by atoms with van der Waals surface area (Å²) in [5.74, 6) is 1.27. The summed E-state index contributed by atoms with van der Waals surface area (Å²) >= 11 is 1.29. The van der Waals surface area contributed by atoms with Crippen LogP contribution < -0.4 is 0 Å². The molecule has 1 aromatic heterocycles. The zero-order valence-electron chi connectivity index (χ0n) is 15.2. The van der Waals surface area contributed by atoms with Gasteiger partial charge in [-0.2, -0.15) is 0 Å². The topological polar surface area (TPSA) is 56.0 Å². The van der Waals surface area contributed by atoms with Crippen molar-refractivity contribution in [2.24, 2.45) is 0 Å². The number of ketones is 1. The number of hydrogen-bond acceptors (Lipinski definition) is 5. The first-order chi connectivity index (χ1) is 12.5. The zero-order chi connectivity index (χ0) is 18.5. The number of aromatic nitrogens is 2. The van der Waals surface area contributed by atoms with E-state index in [-0.39, 0.29) is 5.78 Å². The molecule has 3 rings (SSSR count). The molecule has 26 heavy (non-hydrogen) atoms. The molecular weight excluding hydrogens is 344 g/mol. The van der Waals surface area contributed by atoms with E-state index in [2.05, 4.69) is 29.3 Å². The first kappa shape index (κ1) is 18.4. The van der Waals surface area contributed by atoms with Gasteiger partial charge in [0.25, 0.3) is 5.22 Å². The SMILES string of the molecule is Cc1ccc(C)c(C(=O)CSc2nnc(CC(C)c3ccccc3)o2)c1. The van der Waals surface area contributed by atoms with Gasteiger partial charge in [-0.15, -0.1) is 10.2 Å². The number of thioether (sulfide) groups is 1. The molecule has 0 fully saturated rings. The molecule has 4 nitrogen and oxygen atoms in total. The molecule has 0 N–H and O–H groups in total. The molecule has 1 unspecified atom stereocenters. The lowest BCUT2D eigenvalue weighted by molar-refractivity contribution is 0.102. The average Bonchev–Trinajstić information content (AvgIpc) is 3.09. The van der Waals surface area contributed by atoms with Crippen LogP contribution >= 0.6 is 11.8 Å². The normalized spacial score (nSPS) is 12.1. The molecule has 1 atom stereocenters. The lowest BCUT2D eigenvalue weighted by Gasteiger charge is -2.08. The van der Waals surface area contributed by atoms with E-state index in [1.54, 1.807) is 0 Å². The van der Waals surface area contributed by atoms with Gasteiger partial charge in [0.2, 0.25) is 5.89 Å². The molecule has 2 aromatic carbocycles. The lowest BCUT2D eigenvalue weighted by atomic mass is 9.98. The van der Waals surface area contributed by atoms with Crippen molar-refractivity contribution in [1.82, 2.24) is 10.2 Å². The Morgan fingerprint density at radius 1 is 1.12 bits per heavy atom. The highest BCUT2D eigenvalue weighted by Gasteiger charge is 2.15. The predicted molar refractivity (Wildman–Crippen MR) is 104 cm³/mol. The van der Waals surface area contributed by atoms with Crippen LogP contribution in [0, 0.1) is 13.8 Å². The number of nitrogens with zero attached hydrogens (tertiary/aromatic N) is 2. The molecule has 0 aliphatic heterocycles. The van der Waals surface area contributed by atoms with Gasteiger partial charge >= 0.3 is 0 Å². The summed E-state index contributed by atoms with van der Waals surface area (Å²) in [7, 11) is 0. The van der Waals surface area contributed by atoms with Crippen molar-refractivity contribution >= 4 is 17.5 Å². The molecular formula is C21H22N2O2S. The molecule has 0 saturated carbocycles. The van der Waals surface area contributed by atoms with E-state index < -0.39 is 0 Å². The summed E-state index contributed by atoms with van der Waals surface area (Å²) in [5, 5.41) is 8.62. The number of carbonyl (C=O) groups excluding carboxylic acids is 1. The first-order valence-electron chi connectivity index (χ1n) is 8.63. The highest BCUT2D eigenvalue weighted by molar-refractivity contribution is 7.99. The highest BCUT2D eigenvalue weighted by atomic mass is 32.2. The second-order valence-corrected chi connectivity index (χ2v) is 7.43. The lowest BCUT2D eigenvalue weighted by Crippen LogP contribution is -2.05. The summed E-state index contributed by atoms with van der Waals surface area (Å²) in [5.41, 5.74) is 4.07. The molecule has 0 saturated heterocycles. The third-order valence-electron chi connectivity index (χ3n) is 4.32. The Labute approximate surface area is 158 Å². The summed E-state index contributed by atoms with van der Waals surface area (Å²) in [6.07, 6.45) is 0.683. The molecule has 134 valence electrons. The van der Waals surface area contributed by atoms with Crippen molar-refractivity contribution in [3.63, 3.8) is 0 Å². The van der Waals surface area contributed by atoms with Crippen LogP contribution in [0.25, 0.3) is 0 Å². The number of carbonyl (C=O) groups is 1. The quantitative estimate of drug-likeness (QED) is 0.435. The largest absolute Gasteiger partial charge is 0.416 e. The maximum Gasteiger partial charge on any atom is 0.277 e. The van der Waals surface area contributed by atoms with Crippen molar-refractivity contribution in [3.05, 3.63) is 76.7 Å². The van der Waals surface area contributed by atoms with E-state index in [1.807, 2.05) is 50.2 Å². The van der Waals surface area contributed by atoms with Crippen LogP contribution in [0.15, 0.2) is 58.2 Å². The highest BCUT2D eigenvalue weighted by Crippen LogP contribution is 2.23. The zero-order valence-corrected chi connectivity index (χ0v) is 16.0. The minimum absolute atomic E-state index is 0.0774. The molecule has 5 heteroatoms. The van der Waals surface area contributed by atoms with E-state index >= 15 is 0 Å². The van der Waals surface area contributed by atoms with E-state index in [4.69, 9.17) is 4.42 Å². The van der Waals surface area contributed by atoms with Crippen molar-refractivity contribution in [2.45, 2.75) is 38.3 Å². The fourth-order valence-electron chi connectivity index (χ4n) is 2.78. The van der Waals surface area contributed by atoms with Gasteiger partial charge in [-0.05, 0) is 37.0 Å². The van der Waals surface area contributed by atoms with Gasteiger partial charge < -0.3 is 4.42 Å². The molecule has 1 heterocycles. The third kappa shape index (κ3) is 4.61. The van der Waals surface area contributed by atoms with Crippen LogP contribution in [0.1, 0.15) is 45.8 Å². The number of hydrogen-bond donors (Lipinski definition) is 0. The van der Waals surface area contributed by atoms with E-state index in [0.717, 1.165) is 16.7 Å². The average molecular weight is 366 g/mol. The molecule has 0 amide bonds. The Hall–Kier alpha value is -2.40. The fraction of sp³-hybridized carbons (Fsp3) is 0.286. The second-order valence-electron chi connectivity index (χ2n) is 6.51. The summed E-state index contributed by atoms with van der Waals surface area (Å²) < 4.78 is 5.70. The van der Waals surface area contributed by atoms with Crippen LogP contribution in [-0.4, -0.2) is 21.7 Å². The molecule has 0 bridgehead atoms. The van der Waals surface area contributed by atoms with Crippen LogP contribution in [0.3, 0.4) is 0 Å². The fourth-order valence-corrected chi connectivity index (χ4v) is 3.45. The van der Waals surface area contributed by atoms with E-state index in [0.29, 0.717) is 29.2 Å². The molecule has 0 spiro atoms. The Kier molecular flexibility index (Phi) is 5.89. The molecule has 0 aliphatic carbocycles. The number of benzene rings is 2. The van der Waals surface area contributed by atoms with Gasteiger partial charge in [0.1, 0.15) is 0 Å². The van der Waals surface area contributed by atoms with Crippen LogP contribution in [0.2, 0.25) is 0 Å². The maximum absolute atomic E-state index is 12.4. The van der Waals surface area contributed by atoms with Crippen LogP contribution in [-0.2, 0) is 6.42 Å². The monoisotopic (exact) mass is 366 g/mol. The Morgan fingerprint density at radius 3 is 2.65 bits per heavy atom. The first-order valence-corrected chi connectivity index (χ1v) is 9.62. The van der Waals surface area contributed by atoms with E-state index in [1.165, 1.54) is 17.3 Å². The van der Waals surface area contributed by atoms with Crippen molar-refractivity contribution in [2.75, 3.05) is 5.75 Å². The second kappa shape index (κ2) is 8.32. The van der Waals surface area contributed by atoms with E-state index in [9.17, 15) is 4.79 Å². The minimum atomic E-state index is 0.0774. The van der Waals surface area contributed by atoms with Crippen molar-refractivity contribution in [1.29, 1.82) is 0 Å². The van der Waals surface area contributed by atoms with Gasteiger partial charge in [-0.1, -0.05) is 66.7 Å². The van der Waals surface area contributed by atoms with Gasteiger partial charge in [-0.3, -0.25) is 4.79 Å². The van der Waals surface area contributed by atoms with Gasteiger partial charge in [0, 0.05) is 12.0 Å². The number of Topliss-reactive ketones (excluding diaryl/α,β-unsaturated/α-hetero) is 1. The van der Waals surface area contributed by atoms with Gasteiger partial charge in [-0.25, -0.2) is 0 Å². The Bertz CT molecular complexity index is 890. The molecule has 0 radical (unpaired) electrons. The van der Waals surface area contributed by atoms with Crippen LogP contribution in [0.4, 0.5) is 0 Å². The smallest absolute Gasteiger partial charge is 0.277 e. The van der Waals surface area contributed by atoms with Gasteiger partial charge in [0.05, 0.1) is 5.75 Å². The number of aryl methyl sites for hydroxylation is 2. The summed E-state index contributed by atoms with van der Waals surface area (Å²) in [6, 6.07) is 16.2.